The largest absolute Gasteiger partial charge is 0.346 e. The molecule has 2 N–H and O–H groups in total. The molecule has 0 aliphatic rings. The summed E-state index contributed by atoms with van der Waals surface area (Å²) in [6, 6.07) is 7.38. The van der Waals surface area contributed by atoms with Crippen LogP contribution in [0.3, 0.4) is 0 Å². The highest BCUT2D eigenvalue weighted by atomic mass is 16.5. The van der Waals surface area contributed by atoms with Crippen LogP contribution in [-0.4, -0.2) is 26.0 Å². The molecule has 0 saturated heterocycles. The fourth-order valence-electron chi connectivity index (χ4n) is 2.50. The van der Waals surface area contributed by atoms with Gasteiger partial charge in [0.15, 0.2) is 0 Å². The lowest BCUT2D eigenvalue weighted by molar-refractivity contribution is 0.0927. The van der Waals surface area contributed by atoms with Gasteiger partial charge in [0.25, 0.3) is 5.91 Å². The van der Waals surface area contributed by atoms with Crippen LogP contribution in [-0.2, 0) is 0 Å². The highest BCUT2D eigenvalue weighted by molar-refractivity contribution is 5.93. The Bertz CT molecular complexity index is 881. The lowest BCUT2D eigenvalue weighted by atomic mass is 10.1. The standard InChI is InChI=1S/C17H19N5O2/c1-9-7-5-6-8-13(9)15-21-17(24-22-15)11(3)19-16(23)14-10(2)18-12(4)20-14/h5-8,11H,1-4H3,(H,18,20)(H,19,23)/t11-/m1/s1. The highest BCUT2D eigenvalue weighted by Crippen LogP contribution is 2.22. The predicted octanol–water partition coefficient (Wildman–Crippen LogP) is 2.88. The SMILES string of the molecule is Cc1nc(C(=O)N[C@H](C)c2nc(-c3ccccc3C)no2)c(C)[nH]1. The van der Waals surface area contributed by atoms with Gasteiger partial charge < -0.3 is 14.8 Å². The lowest BCUT2D eigenvalue weighted by Gasteiger charge is -2.08. The third kappa shape index (κ3) is 3.05. The molecule has 1 aromatic carbocycles. The molecule has 7 heteroatoms. The molecule has 0 spiro atoms. The van der Waals surface area contributed by atoms with E-state index in [0.717, 1.165) is 16.8 Å². The fraction of sp³-hybridized carbons (Fsp3) is 0.294. The van der Waals surface area contributed by atoms with Gasteiger partial charge in [0.05, 0.1) is 0 Å². The van der Waals surface area contributed by atoms with Crippen LogP contribution in [0.5, 0.6) is 0 Å². The lowest BCUT2D eigenvalue weighted by Crippen LogP contribution is -2.27. The number of nitrogens with zero attached hydrogens (tertiary/aromatic N) is 3. The second-order valence-electron chi connectivity index (χ2n) is 5.76. The van der Waals surface area contributed by atoms with Gasteiger partial charge in [0.1, 0.15) is 17.6 Å². The minimum absolute atomic E-state index is 0.278. The molecule has 0 radical (unpaired) electrons. The Labute approximate surface area is 139 Å². The number of carbonyl (C=O) groups is 1. The summed E-state index contributed by atoms with van der Waals surface area (Å²) in [5.74, 6) is 1.28. The van der Waals surface area contributed by atoms with E-state index in [4.69, 9.17) is 4.52 Å². The van der Waals surface area contributed by atoms with Crippen LogP contribution in [0.15, 0.2) is 28.8 Å². The van der Waals surface area contributed by atoms with Crippen molar-refractivity contribution in [2.75, 3.05) is 0 Å². The van der Waals surface area contributed by atoms with E-state index < -0.39 is 6.04 Å². The first kappa shape index (κ1) is 15.9. The zero-order valence-corrected chi connectivity index (χ0v) is 14.0. The predicted molar refractivity (Wildman–Crippen MR) is 88.4 cm³/mol. The molecule has 3 aromatic rings. The molecule has 124 valence electrons. The van der Waals surface area contributed by atoms with Gasteiger partial charge in [-0.3, -0.25) is 4.79 Å². The molecule has 0 aliphatic heterocycles. The van der Waals surface area contributed by atoms with Crippen LogP contribution in [0, 0.1) is 20.8 Å². The molecular weight excluding hydrogens is 306 g/mol. The van der Waals surface area contributed by atoms with Crippen molar-refractivity contribution >= 4 is 5.91 Å². The first-order valence-electron chi connectivity index (χ1n) is 7.69. The Morgan fingerprint density at radius 1 is 1.21 bits per heavy atom. The second kappa shape index (κ2) is 6.27. The molecule has 0 fully saturated rings. The molecule has 0 saturated carbocycles. The van der Waals surface area contributed by atoms with E-state index in [-0.39, 0.29) is 5.91 Å². The van der Waals surface area contributed by atoms with Crippen LogP contribution >= 0.6 is 0 Å². The Hall–Kier alpha value is -2.96. The molecule has 24 heavy (non-hydrogen) atoms. The third-order valence-corrected chi connectivity index (χ3v) is 3.76. The van der Waals surface area contributed by atoms with Crippen molar-refractivity contribution in [2.45, 2.75) is 33.7 Å². The fourth-order valence-corrected chi connectivity index (χ4v) is 2.50. The molecule has 7 nitrogen and oxygen atoms in total. The zero-order valence-electron chi connectivity index (χ0n) is 14.0. The Kier molecular flexibility index (Phi) is 4.16. The zero-order chi connectivity index (χ0) is 17.3. The van der Waals surface area contributed by atoms with Crippen molar-refractivity contribution in [2.24, 2.45) is 0 Å². The average Bonchev–Trinajstić information content (AvgIpc) is 3.14. The molecule has 2 heterocycles. The summed E-state index contributed by atoms with van der Waals surface area (Å²) in [4.78, 5) is 23.9. The minimum Gasteiger partial charge on any atom is -0.346 e. The molecule has 2 aromatic heterocycles. The van der Waals surface area contributed by atoms with Gasteiger partial charge in [-0.2, -0.15) is 4.98 Å². The molecule has 1 atom stereocenters. The minimum atomic E-state index is -0.417. The van der Waals surface area contributed by atoms with Crippen molar-refractivity contribution in [3.8, 4) is 11.4 Å². The monoisotopic (exact) mass is 325 g/mol. The van der Waals surface area contributed by atoms with Gasteiger partial charge in [0, 0.05) is 11.3 Å². The van der Waals surface area contributed by atoms with Gasteiger partial charge in [-0.25, -0.2) is 4.98 Å². The van der Waals surface area contributed by atoms with Gasteiger partial charge in [-0.1, -0.05) is 29.4 Å². The van der Waals surface area contributed by atoms with Crippen molar-refractivity contribution in [1.82, 2.24) is 25.4 Å². The quantitative estimate of drug-likeness (QED) is 0.769. The number of hydrogen-bond acceptors (Lipinski definition) is 5. The van der Waals surface area contributed by atoms with Crippen LogP contribution in [0.4, 0.5) is 0 Å². The topological polar surface area (TPSA) is 96.7 Å². The van der Waals surface area contributed by atoms with E-state index in [1.54, 1.807) is 13.8 Å². The van der Waals surface area contributed by atoms with E-state index in [1.807, 2.05) is 38.1 Å². The maximum atomic E-state index is 12.3. The van der Waals surface area contributed by atoms with Crippen LogP contribution in [0.2, 0.25) is 0 Å². The van der Waals surface area contributed by atoms with E-state index in [1.165, 1.54) is 0 Å². The third-order valence-electron chi connectivity index (χ3n) is 3.76. The number of amides is 1. The van der Waals surface area contributed by atoms with Crippen LogP contribution in [0.25, 0.3) is 11.4 Å². The summed E-state index contributed by atoms with van der Waals surface area (Å²) in [5.41, 5.74) is 3.07. The normalized spacial score (nSPS) is 12.2. The summed E-state index contributed by atoms with van der Waals surface area (Å²) < 4.78 is 5.30. The number of aryl methyl sites for hydroxylation is 3. The Morgan fingerprint density at radius 2 is 1.96 bits per heavy atom. The highest BCUT2D eigenvalue weighted by Gasteiger charge is 2.21. The van der Waals surface area contributed by atoms with Crippen molar-refractivity contribution < 1.29 is 9.32 Å². The average molecular weight is 325 g/mol. The summed E-state index contributed by atoms with van der Waals surface area (Å²) in [6.45, 7) is 7.39. The van der Waals surface area contributed by atoms with Crippen LogP contribution in [0.1, 0.15) is 46.4 Å². The van der Waals surface area contributed by atoms with Crippen molar-refractivity contribution in [1.29, 1.82) is 0 Å². The summed E-state index contributed by atoms with van der Waals surface area (Å²) >= 11 is 0. The number of H-pyrrole nitrogens is 1. The summed E-state index contributed by atoms with van der Waals surface area (Å²) in [5, 5.41) is 6.84. The van der Waals surface area contributed by atoms with Gasteiger partial charge in [0.2, 0.25) is 11.7 Å². The summed E-state index contributed by atoms with van der Waals surface area (Å²) in [6.07, 6.45) is 0. The van der Waals surface area contributed by atoms with Crippen LogP contribution < -0.4 is 5.32 Å². The van der Waals surface area contributed by atoms with E-state index in [0.29, 0.717) is 23.2 Å². The second-order valence-corrected chi connectivity index (χ2v) is 5.76. The van der Waals surface area contributed by atoms with E-state index in [2.05, 4.69) is 25.4 Å². The number of rotatable bonds is 4. The van der Waals surface area contributed by atoms with Crippen molar-refractivity contribution in [3.05, 3.63) is 52.9 Å². The number of aromatic amines is 1. The van der Waals surface area contributed by atoms with Gasteiger partial charge in [-0.05, 0) is 33.3 Å². The number of carbonyl (C=O) groups excluding carboxylic acids is 1. The van der Waals surface area contributed by atoms with E-state index >= 15 is 0 Å². The maximum Gasteiger partial charge on any atom is 0.272 e. The Balaban J connectivity index is 1.77. The number of hydrogen-bond donors (Lipinski definition) is 2. The van der Waals surface area contributed by atoms with Gasteiger partial charge >= 0.3 is 0 Å². The van der Waals surface area contributed by atoms with Crippen molar-refractivity contribution in [3.63, 3.8) is 0 Å². The smallest absolute Gasteiger partial charge is 0.272 e. The van der Waals surface area contributed by atoms with Gasteiger partial charge in [-0.15, -0.1) is 0 Å². The first-order valence-corrected chi connectivity index (χ1v) is 7.69. The number of benzene rings is 1. The molecule has 3 rings (SSSR count). The van der Waals surface area contributed by atoms with E-state index in [9.17, 15) is 4.79 Å². The summed E-state index contributed by atoms with van der Waals surface area (Å²) in [7, 11) is 0. The Morgan fingerprint density at radius 3 is 2.62 bits per heavy atom. The molecule has 0 aliphatic carbocycles. The number of nitrogens with one attached hydrogen (secondary N) is 2. The number of imidazole rings is 1. The molecular formula is C17H19N5O2. The molecule has 0 bridgehead atoms. The maximum absolute atomic E-state index is 12.3. The number of aromatic nitrogens is 4. The first-order chi connectivity index (χ1) is 11.5. The molecule has 0 unspecified atom stereocenters. The molecule has 1 amide bonds.